The lowest BCUT2D eigenvalue weighted by Gasteiger charge is -2.15. The van der Waals surface area contributed by atoms with Gasteiger partial charge in [0.25, 0.3) is 11.6 Å². The number of rotatable bonds is 6. The molecule has 1 amide bonds. The monoisotopic (exact) mass is 360 g/mol. The van der Waals surface area contributed by atoms with E-state index in [9.17, 15) is 24.8 Å². The van der Waals surface area contributed by atoms with Crippen LogP contribution in [0.25, 0.3) is 0 Å². The summed E-state index contributed by atoms with van der Waals surface area (Å²) in [6, 6.07) is 9.07. The van der Waals surface area contributed by atoms with Gasteiger partial charge in [0, 0.05) is 12.1 Å². The smallest absolute Gasteiger partial charge is 0.338 e. The zero-order chi connectivity index (χ0) is 19.3. The highest BCUT2D eigenvalue weighted by atomic mass is 16.6. The van der Waals surface area contributed by atoms with Gasteiger partial charge >= 0.3 is 5.97 Å². The lowest BCUT2D eigenvalue weighted by atomic mass is 10.2. The van der Waals surface area contributed by atoms with Gasteiger partial charge in [-0.3, -0.25) is 14.9 Å². The van der Waals surface area contributed by atoms with E-state index in [0.717, 1.165) is 6.07 Å². The summed E-state index contributed by atoms with van der Waals surface area (Å²) in [4.78, 5) is 34.5. The van der Waals surface area contributed by atoms with Crippen molar-refractivity contribution in [2.45, 2.75) is 13.0 Å². The quantitative estimate of drug-likeness (QED) is 0.460. The third kappa shape index (κ3) is 4.47. The SMILES string of the molecule is COc1ccc([N+](=O)[O-])cc1NC(=O)[C@H](C)OC(=O)c1ccc(O)cc1. The van der Waals surface area contributed by atoms with Crippen molar-refractivity contribution in [3.05, 3.63) is 58.1 Å². The van der Waals surface area contributed by atoms with Crippen molar-refractivity contribution in [1.82, 2.24) is 0 Å². The second-order valence-electron chi connectivity index (χ2n) is 5.23. The molecule has 0 unspecified atom stereocenters. The highest BCUT2D eigenvalue weighted by Crippen LogP contribution is 2.29. The van der Waals surface area contributed by atoms with Crippen molar-refractivity contribution in [3.63, 3.8) is 0 Å². The van der Waals surface area contributed by atoms with E-state index >= 15 is 0 Å². The number of hydrogen-bond acceptors (Lipinski definition) is 7. The molecule has 2 rings (SSSR count). The number of aromatic hydroxyl groups is 1. The molecule has 2 N–H and O–H groups in total. The molecule has 0 bridgehead atoms. The van der Waals surface area contributed by atoms with Crippen LogP contribution in [0.1, 0.15) is 17.3 Å². The Kier molecular flexibility index (Phi) is 5.74. The van der Waals surface area contributed by atoms with Crippen LogP contribution in [0.5, 0.6) is 11.5 Å². The number of esters is 1. The molecule has 0 fully saturated rings. The number of nitrogens with zero attached hydrogens (tertiary/aromatic N) is 1. The molecule has 0 spiro atoms. The van der Waals surface area contributed by atoms with Gasteiger partial charge in [0.15, 0.2) is 6.10 Å². The minimum atomic E-state index is -1.17. The Morgan fingerprint density at radius 2 is 1.85 bits per heavy atom. The zero-order valence-corrected chi connectivity index (χ0v) is 14.0. The Labute approximate surface area is 148 Å². The van der Waals surface area contributed by atoms with Crippen LogP contribution in [-0.4, -0.2) is 35.1 Å². The van der Waals surface area contributed by atoms with Crippen LogP contribution in [0.15, 0.2) is 42.5 Å². The molecule has 2 aromatic rings. The number of phenols is 1. The number of phenolic OH excluding ortho intramolecular Hbond substituents is 1. The molecule has 0 saturated carbocycles. The van der Waals surface area contributed by atoms with Crippen molar-refractivity contribution >= 4 is 23.3 Å². The number of benzene rings is 2. The molecule has 26 heavy (non-hydrogen) atoms. The minimum Gasteiger partial charge on any atom is -0.508 e. The minimum absolute atomic E-state index is 0.00916. The summed E-state index contributed by atoms with van der Waals surface area (Å²) in [7, 11) is 1.35. The molecule has 1 atom stereocenters. The maximum atomic E-state index is 12.2. The van der Waals surface area contributed by atoms with Gasteiger partial charge in [0.1, 0.15) is 11.5 Å². The Morgan fingerprint density at radius 3 is 2.42 bits per heavy atom. The van der Waals surface area contributed by atoms with E-state index in [1.807, 2.05) is 0 Å². The van der Waals surface area contributed by atoms with Crippen molar-refractivity contribution < 1.29 is 29.1 Å². The van der Waals surface area contributed by atoms with E-state index in [2.05, 4.69) is 5.32 Å². The first kappa shape index (κ1) is 18.7. The maximum Gasteiger partial charge on any atom is 0.338 e. The van der Waals surface area contributed by atoms with Gasteiger partial charge < -0.3 is 19.9 Å². The number of hydrogen-bond donors (Lipinski definition) is 2. The van der Waals surface area contributed by atoms with E-state index in [-0.39, 0.29) is 28.4 Å². The molecule has 9 heteroatoms. The molecule has 0 saturated heterocycles. The van der Waals surface area contributed by atoms with Gasteiger partial charge in [0.05, 0.1) is 23.3 Å². The van der Waals surface area contributed by atoms with Crippen LogP contribution < -0.4 is 10.1 Å². The largest absolute Gasteiger partial charge is 0.508 e. The number of non-ortho nitro benzene ring substituents is 1. The van der Waals surface area contributed by atoms with Crippen LogP contribution in [0.3, 0.4) is 0 Å². The normalized spacial score (nSPS) is 11.3. The molecule has 0 aliphatic heterocycles. The second-order valence-corrected chi connectivity index (χ2v) is 5.23. The topological polar surface area (TPSA) is 128 Å². The Balaban J connectivity index is 2.09. The Morgan fingerprint density at radius 1 is 1.19 bits per heavy atom. The highest BCUT2D eigenvalue weighted by molar-refractivity contribution is 5.98. The van der Waals surface area contributed by atoms with E-state index < -0.39 is 22.9 Å². The highest BCUT2D eigenvalue weighted by Gasteiger charge is 2.21. The summed E-state index contributed by atoms with van der Waals surface area (Å²) in [6.45, 7) is 1.36. The fraction of sp³-hybridized carbons (Fsp3) is 0.176. The van der Waals surface area contributed by atoms with Gasteiger partial charge in [-0.1, -0.05) is 0 Å². The number of ether oxygens (including phenoxy) is 2. The molecule has 0 radical (unpaired) electrons. The number of carbonyl (C=O) groups is 2. The predicted octanol–water partition coefficient (Wildman–Crippen LogP) is 2.49. The van der Waals surface area contributed by atoms with Crippen LogP contribution in [0.2, 0.25) is 0 Å². The Bertz CT molecular complexity index is 834. The van der Waals surface area contributed by atoms with Gasteiger partial charge in [-0.15, -0.1) is 0 Å². The number of nitro benzene ring substituents is 1. The van der Waals surface area contributed by atoms with Crippen LogP contribution >= 0.6 is 0 Å². The predicted molar refractivity (Wildman–Crippen MR) is 91.3 cm³/mol. The summed E-state index contributed by atoms with van der Waals surface area (Å²) in [6.07, 6.45) is -1.17. The summed E-state index contributed by atoms with van der Waals surface area (Å²) >= 11 is 0. The maximum absolute atomic E-state index is 12.2. The van der Waals surface area contributed by atoms with Crippen molar-refractivity contribution in [2.75, 3.05) is 12.4 Å². The van der Waals surface area contributed by atoms with Crippen molar-refractivity contribution in [2.24, 2.45) is 0 Å². The summed E-state index contributed by atoms with van der Waals surface area (Å²) < 4.78 is 10.1. The second kappa shape index (κ2) is 7.97. The number of carbonyl (C=O) groups excluding carboxylic acids is 2. The average Bonchev–Trinajstić information content (AvgIpc) is 2.61. The van der Waals surface area contributed by atoms with E-state index in [1.165, 1.54) is 50.4 Å². The van der Waals surface area contributed by atoms with Crippen LogP contribution in [-0.2, 0) is 9.53 Å². The fourth-order valence-corrected chi connectivity index (χ4v) is 2.02. The average molecular weight is 360 g/mol. The third-order valence-electron chi connectivity index (χ3n) is 3.41. The number of amides is 1. The first-order valence-corrected chi connectivity index (χ1v) is 7.45. The molecule has 0 aliphatic carbocycles. The summed E-state index contributed by atoms with van der Waals surface area (Å²) in [5.74, 6) is -1.22. The van der Waals surface area contributed by atoms with Gasteiger partial charge in [-0.2, -0.15) is 0 Å². The standard InChI is InChI=1S/C17H16N2O7/c1-10(26-17(22)11-3-6-13(20)7-4-11)16(21)18-14-9-12(19(23)24)5-8-15(14)25-2/h3-10,20H,1-2H3,(H,18,21)/t10-/m0/s1. The molecular weight excluding hydrogens is 344 g/mol. The molecule has 9 nitrogen and oxygen atoms in total. The molecular formula is C17H16N2O7. The summed E-state index contributed by atoms with van der Waals surface area (Å²) in [5, 5.41) is 22.5. The number of nitro groups is 1. The zero-order valence-electron chi connectivity index (χ0n) is 14.0. The fourth-order valence-electron chi connectivity index (χ4n) is 2.02. The molecule has 136 valence electrons. The van der Waals surface area contributed by atoms with Gasteiger partial charge in [-0.25, -0.2) is 4.79 Å². The van der Waals surface area contributed by atoms with E-state index in [1.54, 1.807) is 0 Å². The molecule has 0 aromatic heterocycles. The molecule has 0 heterocycles. The molecule has 0 aliphatic rings. The lowest BCUT2D eigenvalue weighted by molar-refractivity contribution is -0.384. The van der Waals surface area contributed by atoms with Crippen LogP contribution in [0.4, 0.5) is 11.4 Å². The first-order valence-electron chi connectivity index (χ1n) is 7.45. The summed E-state index contributed by atoms with van der Waals surface area (Å²) in [5.41, 5.74) is 0.0180. The number of methoxy groups -OCH3 is 1. The lowest BCUT2D eigenvalue weighted by Crippen LogP contribution is -2.30. The van der Waals surface area contributed by atoms with Gasteiger partial charge in [0.2, 0.25) is 0 Å². The van der Waals surface area contributed by atoms with Crippen LogP contribution in [0, 0.1) is 10.1 Å². The van der Waals surface area contributed by atoms with E-state index in [0.29, 0.717) is 0 Å². The van der Waals surface area contributed by atoms with Gasteiger partial charge in [-0.05, 0) is 37.3 Å². The van der Waals surface area contributed by atoms with Crippen molar-refractivity contribution in [3.8, 4) is 11.5 Å². The molecule has 2 aromatic carbocycles. The number of nitrogens with one attached hydrogen (secondary N) is 1. The van der Waals surface area contributed by atoms with E-state index in [4.69, 9.17) is 9.47 Å². The third-order valence-corrected chi connectivity index (χ3v) is 3.41. The first-order chi connectivity index (χ1) is 12.3. The van der Waals surface area contributed by atoms with Crippen molar-refractivity contribution in [1.29, 1.82) is 0 Å². The number of anilines is 1. The Hall–Kier alpha value is -3.62.